The van der Waals surface area contributed by atoms with Crippen molar-refractivity contribution in [3.8, 4) is 0 Å². The van der Waals surface area contributed by atoms with Crippen LogP contribution < -0.4 is 11.1 Å². The Kier molecular flexibility index (Phi) is 2.79. The maximum absolute atomic E-state index is 13.4. The van der Waals surface area contributed by atoms with Crippen LogP contribution in [0.4, 0.5) is 10.1 Å². The molecular formula is C13H8FN3O3. The van der Waals surface area contributed by atoms with Crippen LogP contribution in [0, 0.1) is 5.95 Å². The van der Waals surface area contributed by atoms with Crippen molar-refractivity contribution in [3.05, 3.63) is 58.6 Å². The van der Waals surface area contributed by atoms with Gasteiger partial charge in [-0.3, -0.25) is 9.78 Å². The summed E-state index contributed by atoms with van der Waals surface area (Å²) in [6.07, 6.45) is 1.26. The zero-order valence-corrected chi connectivity index (χ0v) is 10.0. The number of hydrogen-bond acceptors (Lipinski definition) is 4. The monoisotopic (exact) mass is 273 g/mol. The average molecular weight is 273 g/mol. The van der Waals surface area contributed by atoms with E-state index < -0.39 is 17.6 Å². The van der Waals surface area contributed by atoms with Crippen molar-refractivity contribution in [2.75, 3.05) is 5.32 Å². The summed E-state index contributed by atoms with van der Waals surface area (Å²) in [4.78, 5) is 28.8. The number of amides is 1. The minimum atomic E-state index is -0.845. The fraction of sp³-hybridized carbons (Fsp3) is 0. The number of anilines is 1. The number of H-pyrrole nitrogens is 1. The summed E-state index contributed by atoms with van der Waals surface area (Å²) in [6.45, 7) is 0. The molecule has 1 aromatic carbocycles. The highest BCUT2D eigenvalue weighted by molar-refractivity contribution is 6.04. The lowest BCUT2D eigenvalue weighted by molar-refractivity contribution is 0.102. The van der Waals surface area contributed by atoms with Gasteiger partial charge in [-0.1, -0.05) is 0 Å². The number of aromatic nitrogens is 2. The van der Waals surface area contributed by atoms with Gasteiger partial charge >= 0.3 is 5.76 Å². The summed E-state index contributed by atoms with van der Waals surface area (Å²) >= 11 is 0. The van der Waals surface area contributed by atoms with Crippen molar-refractivity contribution in [1.82, 2.24) is 9.97 Å². The van der Waals surface area contributed by atoms with Gasteiger partial charge in [-0.2, -0.15) is 4.39 Å². The van der Waals surface area contributed by atoms with Crippen LogP contribution >= 0.6 is 0 Å². The molecule has 0 aliphatic heterocycles. The second-order valence-electron chi connectivity index (χ2n) is 4.02. The number of halogens is 1. The lowest BCUT2D eigenvalue weighted by Gasteiger charge is -2.05. The second-order valence-corrected chi connectivity index (χ2v) is 4.02. The molecular weight excluding hydrogens is 265 g/mol. The van der Waals surface area contributed by atoms with Gasteiger partial charge in [-0.15, -0.1) is 0 Å². The predicted molar refractivity (Wildman–Crippen MR) is 69.0 cm³/mol. The Morgan fingerprint density at radius 1 is 1.35 bits per heavy atom. The van der Waals surface area contributed by atoms with E-state index in [1.54, 1.807) is 6.07 Å². The van der Waals surface area contributed by atoms with Gasteiger partial charge in [0.25, 0.3) is 5.91 Å². The van der Waals surface area contributed by atoms with E-state index in [1.165, 1.54) is 30.5 Å². The van der Waals surface area contributed by atoms with E-state index in [1.807, 2.05) is 0 Å². The third-order valence-corrected chi connectivity index (χ3v) is 2.68. The minimum Gasteiger partial charge on any atom is -0.408 e. The standard InChI is InChI=1S/C13H8FN3O3/c14-11-8(2-1-5-15-11)12(18)16-7-3-4-10-9(6-7)17-13(19)20-10/h1-6H,(H,16,18)(H,17,19). The molecule has 3 rings (SSSR count). The first-order valence-electron chi connectivity index (χ1n) is 5.68. The van der Waals surface area contributed by atoms with Crippen molar-refractivity contribution in [2.24, 2.45) is 0 Å². The number of benzene rings is 1. The zero-order chi connectivity index (χ0) is 14.1. The van der Waals surface area contributed by atoms with Gasteiger partial charge in [0, 0.05) is 11.9 Å². The summed E-state index contributed by atoms with van der Waals surface area (Å²) in [5.41, 5.74) is 1.07. The summed E-state index contributed by atoms with van der Waals surface area (Å²) in [6, 6.07) is 7.39. The summed E-state index contributed by atoms with van der Waals surface area (Å²) in [5.74, 6) is -2.05. The minimum absolute atomic E-state index is 0.159. The summed E-state index contributed by atoms with van der Waals surface area (Å²) < 4.78 is 18.2. The van der Waals surface area contributed by atoms with Crippen LogP contribution in [0.25, 0.3) is 11.1 Å². The van der Waals surface area contributed by atoms with E-state index in [9.17, 15) is 14.0 Å². The van der Waals surface area contributed by atoms with E-state index in [-0.39, 0.29) is 5.56 Å². The SMILES string of the molecule is O=C(Nc1ccc2oc(=O)[nH]c2c1)c1cccnc1F. The first kappa shape index (κ1) is 12.1. The highest BCUT2D eigenvalue weighted by atomic mass is 19.1. The molecule has 0 spiro atoms. The van der Waals surface area contributed by atoms with Crippen LogP contribution in [-0.4, -0.2) is 15.9 Å². The van der Waals surface area contributed by atoms with E-state index in [0.717, 1.165) is 0 Å². The van der Waals surface area contributed by atoms with Crippen LogP contribution in [0.15, 0.2) is 45.7 Å². The third kappa shape index (κ3) is 2.16. The molecule has 0 saturated heterocycles. The Morgan fingerprint density at radius 2 is 2.20 bits per heavy atom. The Labute approximate surface area is 111 Å². The number of nitrogens with zero attached hydrogens (tertiary/aromatic N) is 1. The zero-order valence-electron chi connectivity index (χ0n) is 10.0. The number of pyridine rings is 1. The van der Waals surface area contributed by atoms with E-state index in [4.69, 9.17) is 4.42 Å². The number of nitrogens with one attached hydrogen (secondary N) is 2. The second kappa shape index (κ2) is 4.61. The van der Waals surface area contributed by atoms with E-state index >= 15 is 0 Å². The normalized spacial score (nSPS) is 10.7. The van der Waals surface area contributed by atoms with Crippen molar-refractivity contribution < 1.29 is 13.6 Å². The molecule has 7 heteroatoms. The van der Waals surface area contributed by atoms with Crippen LogP contribution in [-0.2, 0) is 0 Å². The molecule has 0 aliphatic carbocycles. The molecule has 2 N–H and O–H groups in total. The Morgan fingerprint density at radius 3 is 3.00 bits per heavy atom. The number of rotatable bonds is 2. The molecule has 0 radical (unpaired) electrons. The molecule has 0 saturated carbocycles. The first-order chi connectivity index (χ1) is 9.63. The van der Waals surface area contributed by atoms with Gasteiger partial charge in [-0.05, 0) is 30.3 Å². The van der Waals surface area contributed by atoms with Gasteiger partial charge < -0.3 is 9.73 Å². The number of fused-ring (bicyclic) bond motifs is 1. The summed E-state index contributed by atoms with van der Waals surface area (Å²) in [7, 11) is 0. The lowest BCUT2D eigenvalue weighted by Crippen LogP contribution is -2.14. The quantitative estimate of drug-likeness (QED) is 0.698. The van der Waals surface area contributed by atoms with Crippen molar-refractivity contribution in [2.45, 2.75) is 0 Å². The molecule has 0 atom stereocenters. The first-order valence-corrected chi connectivity index (χ1v) is 5.68. The van der Waals surface area contributed by atoms with E-state index in [0.29, 0.717) is 16.8 Å². The molecule has 100 valence electrons. The average Bonchev–Trinajstić information content (AvgIpc) is 2.78. The van der Waals surface area contributed by atoms with Crippen LogP contribution in [0.3, 0.4) is 0 Å². The number of carbonyl (C=O) groups is 1. The molecule has 6 nitrogen and oxygen atoms in total. The molecule has 3 aromatic rings. The maximum Gasteiger partial charge on any atom is 0.417 e. The highest BCUT2D eigenvalue weighted by Crippen LogP contribution is 2.17. The topological polar surface area (TPSA) is 88.0 Å². The van der Waals surface area contributed by atoms with Crippen LogP contribution in [0.5, 0.6) is 0 Å². The molecule has 0 unspecified atom stereocenters. The molecule has 20 heavy (non-hydrogen) atoms. The van der Waals surface area contributed by atoms with Gasteiger partial charge in [0.1, 0.15) is 0 Å². The van der Waals surface area contributed by atoms with Gasteiger partial charge in [0.15, 0.2) is 5.58 Å². The number of hydrogen-bond donors (Lipinski definition) is 2. The molecule has 0 bridgehead atoms. The van der Waals surface area contributed by atoms with Gasteiger partial charge in [0.05, 0.1) is 11.1 Å². The maximum atomic E-state index is 13.4. The van der Waals surface area contributed by atoms with Crippen LogP contribution in [0.2, 0.25) is 0 Å². The molecule has 1 amide bonds. The Balaban J connectivity index is 1.91. The lowest BCUT2D eigenvalue weighted by atomic mass is 10.2. The molecule has 0 aliphatic rings. The third-order valence-electron chi connectivity index (χ3n) is 2.68. The fourth-order valence-electron chi connectivity index (χ4n) is 1.78. The predicted octanol–water partition coefficient (Wildman–Crippen LogP) is 1.91. The smallest absolute Gasteiger partial charge is 0.408 e. The number of carbonyl (C=O) groups excluding carboxylic acids is 1. The Hall–Kier alpha value is -2.96. The van der Waals surface area contributed by atoms with Crippen molar-refractivity contribution >= 4 is 22.7 Å². The molecule has 2 aromatic heterocycles. The van der Waals surface area contributed by atoms with Gasteiger partial charge in [-0.25, -0.2) is 9.78 Å². The Bertz CT molecular complexity index is 853. The fourth-order valence-corrected chi connectivity index (χ4v) is 1.78. The van der Waals surface area contributed by atoms with Gasteiger partial charge in [0.2, 0.25) is 5.95 Å². The van der Waals surface area contributed by atoms with Crippen molar-refractivity contribution in [1.29, 1.82) is 0 Å². The molecule has 2 heterocycles. The van der Waals surface area contributed by atoms with E-state index in [2.05, 4.69) is 15.3 Å². The largest absolute Gasteiger partial charge is 0.417 e. The van der Waals surface area contributed by atoms with Crippen LogP contribution in [0.1, 0.15) is 10.4 Å². The number of aromatic amines is 1. The number of oxazole rings is 1. The summed E-state index contributed by atoms with van der Waals surface area (Å²) in [5, 5.41) is 2.52. The van der Waals surface area contributed by atoms with Crippen molar-refractivity contribution in [3.63, 3.8) is 0 Å². The highest BCUT2D eigenvalue weighted by Gasteiger charge is 2.12. The molecule has 0 fully saturated rings.